The Morgan fingerprint density at radius 1 is 1.11 bits per heavy atom. The maximum absolute atomic E-state index is 12.4. The van der Waals surface area contributed by atoms with Crippen LogP contribution in [0.25, 0.3) is 0 Å². The van der Waals surface area contributed by atoms with E-state index in [-0.39, 0.29) is 18.4 Å². The number of carbonyl (C=O) groups is 2. The van der Waals surface area contributed by atoms with Gasteiger partial charge in [0.05, 0.1) is 18.3 Å². The van der Waals surface area contributed by atoms with Crippen molar-refractivity contribution in [3.8, 4) is 0 Å². The second kappa shape index (κ2) is 10.5. The van der Waals surface area contributed by atoms with E-state index in [0.717, 1.165) is 4.47 Å². The molecule has 0 saturated heterocycles. The van der Waals surface area contributed by atoms with Gasteiger partial charge in [0.25, 0.3) is 5.76 Å². The number of nitrogens with zero attached hydrogens (tertiary/aromatic N) is 1. The molecule has 5 nitrogen and oxygen atoms in total. The molecule has 0 aliphatic rings. The third-order valence-electron chi connectivity index (χ3n) is 3.93. The molecule has 2 rings (SSSR count). The zero-order valence-corrected chi connectivity index (χ0v) is 17.7. The Morgan fingerprint density at radius 2 is 1.75 bits per heavy atom. The first-order valence-corrected chi connectivity index (χ1v) is 10.0. The number of amides is 2. The molecular formula is C19H20BrF2N3O2S. The Hall–Kier alpha value is -1.97. The highest BCUT2D eigenvalue weighted by Crippen LogP contribution is 2.26. The molecule has 0 fully saturated rings. The number of likely N-dealkylation sites (N-methyl/N-ethyl adjacent to an activating group) is 1. The molecule has 0 spiro atoms. The Labute approximate surface area is 175 Å². The van der Waals surface area contributed by atoms with Crippen molar-refractivity contribution in [2.75, 3.05) is 24.2 Å². The highest BCUT2D eigenvalue weighted by Gasteiger charge is 2.20. The standard InChI is InChI=1S/C19H20BrF2N3O2S/c1-12(18(27)23-13-7-9-14(10-8-13)28-19(21)22)25(2)11-17(26)24-16-6-4-3-5-15(16)20/h3-10,12,19H,11H2,1-2H3,(H,23,27)(H,24,26). The average Bonchev–Trinajstić information content (AvgIpc) is 2.64. The number of rotatable bonds is 8. The van der Waals surface area contributed by atoms with Gasteiger partial charge >= 0.3 is 0 Å². The van der Waals surface area contributed by atoms with Crippen LogP contribution in [0.5, 0.6) is 0 Å². The zero-order valence-electron chi connectivity index (χ0n) is 15.3. The molecule has 0 aliphatic heterocycles. The lowest BCUT2D eigenvalue weighted by Crippen LogP contribution is -2.43. The van der Waals surface area contributed by atoms with Gasteiger partial charge in [-0.2, -0.15) is 8.78 Å². The Bertz CT molecular complexity index is 821. The van der Waals surface area contributed by atoms with E-state index in [1.54, 1.807) is 37.1 Å². The molecule has 0 aliphatic carbocycles. The van der Waals surface area contributed by atoms with Gasteiger partial charge in [-0.3, -0.25) is 14.5 Å². The molecule has 28 heavy (non-hydrogen) atoms. The quantitative estimate of drug-likeness (QED) is 0.549. The second-order valence-electron chi connectivity index (χ2n) is 6.01. The van der Waals surface area contributed by atoms with Crippen molar-refractivity contribution >= 4 is 50.9 Å². The molecule has 0 heterocycles. The summed E-state index contributed by atoms with van der Waals surface area (Å²) in [4.78, 5) is 26.6. The fourth-order valence-corrected chi connectivity index (χ4v) is 3.17. The predicted molar refractivity (Wildman–Crippen MR) is 112 cm³/mol. The van der Waals surface area contributed by atoms with Crippen molar-refractivity contribution in [3.63, 3.8) is 0 Å². The van der Waals surface area contributed by atoms with Crippen LogP contribution < -0.4 is 10.6 Å². The number of thioether (sulfide) groups is 1. The maximum atomic E-state index is 12.4. The van der Waals surface area contributed by atoms with Crippen molar-refractivity contribution in [3.05, 3.63) is 53.0 Å². The third kappa shape index (κ3) is 6.88. The van der Waals surface area contributed by atoms with E-state index in [0.29, 0.717) is 28.0 Å². The van der Waals surface area contributed by atoms with Crippen LogP contribution in [0.3, 0.4) is 0 Å². The Kier molecular flexibility index (Phi) is 8.40. The Balaban J connectivity index is 1.87. The monoisotopic (exact) mass is 471 g/mol. The van der Waals surface area contributed by atoms with Crippen LogP contribution >= 0.6 is 27.7 Å². The lowest BCUT2D eigenvalue weighted by Gasteiger charge is -2.23. The summed E-state index contributed by atoms with van der Waals surface area (Å²) in [5.41, 5.74) is 1.15. The van der Waals surface area contributed by atoms with Gasteiger partial charge in [0, 0.05) is 15.1 Å². The second-order valence-corrected chi connectivity index (χ2v) is 7.93. The number of para-hydroxylation sites is 1. The molecule has 0 aromatic heterocycles. The lowest BCUT2D eigenvalue weighted by molar-refractivity contribution is -0.122. The summed E-state index contributed by atoms with van der Waals surface area (Å²) in [5, 5.41) is 5.50. The summed E-state index contributed by atoms with van der Waals surface area (Å²) < 4.78 is 25.5. The van der Waals surface area contributed by atoms with Gasteiger partial charge in [-0.25, -0.2) is 0 Å². The third-order valence-corrected chi connectivity index (χ3v) is 5.34. The number of halogens is 3. The smallest absolute Gasteiger partial charge is 0.288 e. The summed E-state index contributed by atoms with van der Waals surface area (Å²) in [5.74, 6) is -3.04. The first-order chi connectivity index (χ1) is 13.3. The van der Waals surface area contributed by atoms with Crippen LogP contribution in [0.15, 0.2) is 57.9 Å². The van der Waals surface area contributed by atoms with E-state index in [1.165, 1.54) is 12.1 Å². The van der Waals surface area contributed by atoms with Crippen LogP contribution in [-0.4, -0.2) is 42.1 Å². The van der Waals surface area contributed by atoms with Gasteiger partial charge in [0.2, 0.25) is 11.8 Å². The van der Waals surface area contributed by atoms with Crippen molar-refractivity contribution in [1.82, 2.24) is 4.90 Å². The van der Waals surface area contributed by atoms with Crippen molar-refractivity contribution in [1.29, 1.82) is 0 Å². The minimum Gasteiger partial charge on any atom is -0.325 e. The number of alkyl halides is 2. The largest absolute Gasteiger partial charge is 0.325 e. The minimum absolute atomic E-state index is 0.0277. The number of benzene rings is 2. The molecule has 9 heteroatoms. The van der Waals surface area contributed by atoms with E-state index >= 15 is 0 Å². The number of hydrogen-bond donors (Lipinski definition) is 2. The predicted octanol–water partition coefficient (Wildman–Crippen LogP) is 4.66. The van der Waals surface area contributed by atoms with Gasteiger partial charge in [-0.15, -0.1) is 0 Å². The van der Waals surface area contributed by atoms with E-state index in [2.05, 4.69) is 26.6 Å². The molecule has 0 saturated carbocycles. The molecule has 2 amide bonds. The number of carbonyl (C=O) groups excluding carboxylic acids is 2. The van der Waals surface area contributed by atoms with Crippen molar-refractivity contribution < 1.29 is 18.4 Å². The molecule has 0 radical (unpaired) electrons. The Morgan fingerprint density at radius 3 is 2.36 bits per heavy atom. The zero-order chi connectivity index (χ0) is 20.7. The van der Waals surface area contributed by atoms with Crippen LogP contribution in [0, 0.1) is 0 Å². The van der Waals surface area contributed by atoms with E-state index in [4.69, 9.17) is 0 Å². The number of anilines is 2. The first kappa shape index (κ1) is 22.3. The van der Waals surface area contributed by atoms with E-state index in [9.17, 15) is 18.4 Å². The summed E-state index contributed by atoms with van der Waals surface area (Å²) >= 11 is 3.81. The highest BCUT2D eigenvalue weighted by atomic mass is 79.9. The fourth-order valence-electron chi connectivity index (χ4n) is 2.28. The first-order valence-electron chi connectivity index (χ1n) is 8.36. The van der Waals surface area contributed by atoms with Crippen molar-refractivity contribution in [2.24, 2.45) is 0 Å². The normalized spacial score (nSPS) is 12.1. The van der Waals surface area contributed by atoms with Gasteiger partial charge in [-0.1, -0.05) is 23.9 Å². The SMILES string of the molecule is CC(C(=O)Nc1ccc(SC(F)F)cc1)N(C)CC(=O)Nc1ccccc1Br. The summed E-state index contributed by atoms with van der Waals surface area (Å²) in [6, 6.07) is 12.8. The summed E-state index contributed by atoms with van der Waals surface area (Å²) in [7, 11) is 1.67. The van der Waals surface area contributed by atoms with Crippen LogP contribution in [0.2, 0.25) is 0 Å². The molecule has 150 valence electrons. The minimum atomic E-state index is -2.49. The molecule has 1 atom stereocenters. The number of hydrogen-bond acceptors (Lipinski definition) is 4. The summed E-state index contributed by atoms with van der Waals surface area (Å²) in [6.07, 6.45) is 0. The van der Waals surface area contributed by atoms with E-state index in [1.807, 2.05) is 18.2 Å². The molecule has 0 bridgehead atoms. The van der Waals surface area contributed by atoms with E-state index < -0.39 is 11.8 Å². The van der Waals surface area contributed by atoms with Crippen molar-refractivity contribution in [2.45, 2.75) is 23.6 Å². The van der Waals surface area contributed by atoms with Gasteiger partial charge in [0.15, 0.2) is 0 Å². The molecular weight excluding hydrogens is 452 g/mol. The highest BCUT2D eigenvalue weighted by molar-refractivity contribution is 9.10. The van der Waals surface area contributed by atoms with Crippen LogP contribution in [0.1, 0.15) is 6.92 Å². The molecule has 2 aromatic carbocycles. The molecule has 2 aromatic rings. The molecule has 1 unspecified atom stereocenters. The average molecular weight is 472 g/mol. The number of nitrogens with one attached hydrogen (secondary N) is 2. The van der Waals surface area contributed by atoms with Crippen LogP contribution in [0.4, 0.5) is 20.2 Å². The maximum Gasteiger partial charge on any atom is 0.288 e. The summed E-state index contributed by atoms with van der Waals surface area (Å²) in [6.45, 7) is 1.71. The lowest BCUT2D eigenvalue weighted by atomic mass is 10.2. The van der Waals surface area contributed by atoms with Gasteiger partial charge < -0.3 is 10.6 Å². The molecule has 2 N–H and O–H groups in total. The van der Waals surface area contributed by atoms with Gasteiger partial charge in [0.1, 0.15) is 0 Å². The fraction of sp³-hybridized carbons (Fsp3) is 0.263. The van der Waals surface area contributed by atoms with Crippen LogP contribution in [-0.2, 0) is 9.59 Å². The topological polar surface area (TPSA) is 61.4 Å². The van der Waals surface area contributed by atoms with Gasteiger partial charge in [-0.05, 0) is 66.3 Å².